The van der Waals surface area contributed by atoms with Gasteiger partial charge in [-0.2, -0.15) is 0 Å². The second kappa shape index (κ2) is 11.4. The molecular weight excluding hydrogens is 465 g/mol. The maximum Gasteiger partial charge on any atom is 0.255 e. The third-order valence-electron chi connectivity index (χ3n) is 4.56. The Kier molecular flexibility index (Phi) is 8.29. The van der Waals surface area contributed by atoms with Crippen molar-refractivity contribution in [3.8, 4) is 5.75 Å². The summed E-state index contributed by atoms with van der Waals surface area (Å²) in [5.74, 6) is -0.914. The van der Waals surface area contributed by atoms with Gasteiger partial charge in [0.15, 0.2) is 0 Å². The van der Waals surface area contributed by atoms with Gasteiger partial charge in [0.25, 0.3) is 17.7 Å². The Balaban J connectivity index is 1.42. The van der Waals surface area contributed by atoms with Gasteiger partial charge >= 0.3 is 0 Å². The number of phenolic OH excluding ortho intramolecular Hbond substituents is 1. The van der Waals surface area contributed by atoms with Crippen LogP contribution < -0.4 is 16.0 Å². The van der Waals surface area contributed by atoms with Crippen LogP contribution in [0.1, 0.15) is 37.5 Å². The molecule has 0 spiro atoms. The first-order chi connectivity index (χ1) is 15.8. The minimum atomic E-state index is -0.371. The number of rotatable bonds is 8. The van der Waals surface area contributed by atoms with Crippen LogP contribution in [-0.4, -0.2) is 35.9 Å². The molecule has 0 aromatic heterocycles. The first-order valence-electron chi connectivity index (χ1n) is 10.0. The first kappa shape index (κ1) is 24.1. The molecule has 3 rings (SSSR count). The minimum Gasteiger partial charge on any atom is -0.508 e. The van der Waals surface area contributed by atoms with Crippen molar-refractivity contribution in [1.82, 2.24) is 10.6 Å². The predicted molar refractivity (Wildman–Crippen MR) is 128 cm³/mol. The van der Waals surface area contributed by atoms with E-state index in [2.05, 4.69) is 16.0 Å². The zero-order valence-corrected chi connectivity index (χ0v) is 18.9. The van der Waals surface area contributed by atoms with Crippen molar-refractivity contribution in [2.24, 2.45) is 0 Å². The molecule has 3 aromatic carbocycles. The number of aromatic hydroxyl groups is 1. The summed E-state index contributed by atoms with van der Waals surface area (Å²) in [4.78, 5) is 36.6. The van der Waals surface area contributed by atoms with Crippen molar-refractivity contribution >= 4 is 46.6 Å². The van der Waals surface area contributed by atoms with Gasteiger partial charge in [0.05, 0.1) is 0 Å². The zero-order valence-electron chi connectivity index (χ0n) is 17.4. The van der Waals surface area contributed by atoms with Crippen molar-refractivity contribution in [3.63, 3.8) is 0 Å². The van der Waals surface area contributed by atoms with E-state index in [0.29, 0.717) is 51.9 Å². The SMILES string of the molecule is O=C(NCCCNC(=O)c1cccc(O)c1)c1ccc(NC(=O)c2cc(Cl)cc(Cl)c2)cc1. The lowest BCUT2D eigenvalue weighted by Gasteiger charge is -2.09. The van der Waals surface area contributed by atoms with Gasteiger partial charge in [-0.3, -0.25) is 14.4 Å². The van der Waals surface area contributed by atoms with Crippen LogP contribution in [0, 0.1) is 0 Å². The summed E-state index contributed by atoms with van der Waals surface area (Å²) >= 11 is 11.8. The van der Waals surface area contributed by atoms with Gasteiger partial charge in [-0.05, 0) is 67.1 Å². The van der Waals surface area contributed by atoms with Crippen molar-refractivity contribution in [2.45, 2.75) is 6.42 Å². The summed E-state index contributed by atoms with van der Waals surface area (Å²) in [7, 11) is 0. The van der Waals surface area contributed by atoms with Gasteiger partial charge in [-0.15, -0.1) is 0 Å². The van der Waals surface area contributed by atoms with Crippen LogP contribution in [0.5, 0.6) is 5.75 Å². The van der Waals surface area contributed by atoms with Gasteiger partial charge in [0.1, 0.15) is 5.75 Å². The second-order valence-electron chi connectivity index (χ2n) is 7.11. The van der Waals surface area contributed by atoms with E-state index in [9.17, 15) is 19.5 Å². The molecule has 0 unspecified atom stereocenters. The van der Waals surface area contributed by atoms with Crippen LogP contribution >= 0.6 is 23.2 Å². The number of phenols is 1. The van der Waals surface area contributed by atoms with Gasteiger partial charge < -0.3 is 21.1 Å². The Morgan fingerprint density at radius 1 is 0.697 bits per heavy atom. The fraction of sp³-hybridized carbons (Fsp3) is 0.125. The number of hydrogen-bond acceptors (Lipinski definition) is 4. The lowest BCUT2D eigenvalue weighted by molar-refractivity contribution is 0.0950. The van der Waals surface area contributed by atoms with E-state index in [1.165, 1.54) is 30.3 Å². The number of benzene rings is 3. The Hall–Kier alpha value is -3.55. The normalized spacial score (nSPS) is 10.4. The first-order valence-corrected chi connectivity index (χ1v) is 10.8. The average molecular weight is 486 g/mol. The van der Waals surface area contributed by atoms with Crippen LogP contribution in [0.4, 0.5) is 5.69 Å². The molecule has 0 radical (unpaired) electrons. The molecule has 9 heteroatoms. The average Bonchev–Trinajstić information content (AvgIpc) is 2.78. The highest BCUT2D eigenvalue weighted by Crippen LogP contribution is 2.20. The van der Waals surface area contributed by atoms with E-state index in [1.807, 2.05) is 0 Å². The molecule has 0 fully saturated rings. The number of carbonyl (C=O) groups is 3. The van der Waals surface area contributed by atoms with Crippen molar-refractivity contribution < 1.29 is 19.5 Å². The smallest absolute Gasteiger partial charge is 0.255 e. The molecule has 4 N–H and O–H groups in total. The Labute approximate surface area is 200 Å². The maximum atomic E-state index is 12.3. The van der Waals surface area contributed by atoms with Crippen LogP contribution in [0.3, 0.4) is 0 Å². The van der Waals surface area contributed by atoms with E-state index < -0.39 is 0 Å². The highest BCUT2D eigenvalue weighted by atomic mass is 35.5. The van der Waals surface area contributed by atoms with E-state index in [-0.39, 0.29) is 23.5 Å². The summed E-state index contributed by atoms with van der Waals surface area (Å²) in [6.45, 7) is 0.737. The lowest BCUT2D eigenvalue weighted by Crippen LogP contribution is -2.29. The topological polar surface area (TPSA) is 108 Å². The number of amides is 3. The molecule has 170 valence electrons. The Bertz CT molecular complexity index is 1150. The van der Waals surface area contributed by atoms with E-state index in [4.69, 9.17) is 23.2 Å². The molecule has 0 saturated carbocycles. The van der Waals surface area contributed by atoms with Crippen molar-refractivity contribution in [3.05, 3.63) is 93.5 Å². The van der Waals surface area contributed by atoms with E-state index >= 15 is 0 Å². The third kappa shape index (κ3) is 7.24. The predicted octanol–water partition coefficient (Wildman–Crippen LogP) is 4.50. The van der Waals surface area contributed by atoms with Gasteiger partial charge in [-0.1, -0.05) is 29.3 Å². The van der Waals surface area contributed by atoms with Gasteiger partial charge in [0.2, 0.25) is 0 Å². The molecular formula is C24H21Cl2N3O4. The summed E-state index contributed by atoms with van der Waals surface area (Å²) in [5, 5.41) is 18.4. The molecule has 7 nitrogen and oxygen atoms in total. The summed E-state index contributed by atoms with van der Waals surface area (Å²) in [5.41, 5.74) is 1.64. The third-order valence-corrected chi connectivity index (χ3v) is 5.00. The number of anilines is 1. The fourth-order valence-corrected chi connectivity index (χ4v) is 3.46. The molecule has 3 amide bonds. The molecule has 0 aliphatic heterocycles. The quantitative estimate of drug-likeness (QED) is 0.352. The monoisotopic (exact) mass is 485 g/mol. The highest BCUT2D eigenvalue weighted by molar-refractivity contribution is 6.35. The standard InChI is InChI=1S/C24H21Cl2N3O4/c25-18-11-17(12-19(26)14-18)24(33)29-20-7-5-15(6-8-20)22(31)27-9-2-10-28-23(32)16-3-1-4-21(30)13-16/h1,3-8,11-14,30H,2,9-10H2,(H,27,31)(H,28,32)(H,29,33). The summed E-state index contributed by atoms with van der Waals surface area (Å²) < 4.78 is 0. The Morgan fingerprint density at radius 3 is 1.91 bits per heavy atom. The van der Waals surface area contributed by atoms with Crippen LogP contribution in [-0.2, 0) is 0 Å². The van der Waals surface area contributed by atoms with Crippen molar-refractivity contribution in [2.75, 3.05) is 18.4 Å². The molecule has 33 heavy (non-hydrogen) atoms. The van der Waals surface area contributed by atoms with Gasteiger partial charge in [-0.25, -0.2) is 0 Å². The Morgan fingerprint density at radius 2 is 1.30 bits per heavy atom. The minimum absolute atomic E-state index is 0.0226. The molecule has 0 aliphatic carbocycles. The second-order valence-corrected chi connectivity index (χ2v) is 7.98. The number of carbonyl (C=O) groups excluding carboxylic acids is 3. The van der Waals surface area contributed by atoms with Crippen molar-refractivity contribution in [1.29, 1.82) is 0 Å². The molecule has 0 atom stereocenters. The van der Waals surface area contributed by atoms with E-state index in [1.54, 1.807) is 36.4 Å². The summed E-state index contributed by atoms with van der Waals surface area (Å²) in [6.07, 6.45) is 0.534. The molecule has 3 aromatic rings. The van der Waals surface area contributed by atoms with Gasteiger partial charge in [0, 0.05) is 45.5 Å². The fourth-order valence-electron chi connectivity index (χ4n) is 2.94. The number of nitrogens with one attached hydrogen (secondary N) is 3. The summed E-state index contributed by atoms with van der Waals surface area (Å²) in [6, 6.07) is 17.1. The maximum absolute atomic E-state index is 12.3. The lowest BCUT2D eigenvalue weighted by atomic mass is 10.1. The molecule has 0 aliphatic rings. The van der Waals surface area contributed by atoms with Crippen LogP contribution in [0.15, 0.2) is 66.7 Å². The largest absolute Gasteiger partial charge is 0.508 e. The number of hydrogen-bond donors (Lipinski definition) is 4. The van der Waals surface area contributed by atoms with Crippen LogP contribution in [0.2, 0.25) is 10.0 Å². The number of halogens is 2. The molecule has 0 bridgehead atoms. The molecule has 0 heterocycles. The van der Waals surface area contributed by atoms with E-state index in [0.717, 1.165) is 0 Å². The zero-order chi connectivity index (χ0) is 23.8. The molecule has 0 saturated heterocycles. The highest BCUT2D eigenvalue weighted by Gasteiger charge is 2.10. The van der Waals surface area contributed by atoms with Crippen LogP contribution in [0.25, 0.3) is 0 Å².